The molecule has 0 radical (unpaired) electrons. The maximum Gasteiger partial charge on any atom is 0.307 e. The molecule has 1 rings (SSSR count). The van der Waals surface area contributed by atoms with Crippen molar-refractivity contribution in [3.8, 4) is 11.5 Å². The molecular weight excluding hydrogens is 324 g/mol. The molecule has 0 bridgehead atoms. The van der Waals surface area contributed by atoms with Crippen molar-refractivity contribution in [2.45, 2.75) is 12.8 Å². The Morgan fingerprint density at radius 2 is 1.52 bits per heavy atom. The van der Waals surface area contributed by atoms with Crippen molar-refractivity contribution in [3.05, 3.63) is 23.8 Å². The standard InChI is InChI=1S/C18H28N2O5/c1-19(2)8-6-9-20(10-7-17(21)25-5)18(22)14-11-15(23-3)13-16(12-14)24-4/h11-13H,6-10H2,1-5H3. The van der Waals surface area contributed by atoms with E-state index in [-0.39, 0.29) is 18.3 Å². The minimum absolute atomic E-state index is 0.158. The molecule has 140 valence electrons. The lowest BCUT2D eigenvalue weighted by atomic mass is 10.1. The fourth-order valence-electron chi connectivity index (χ4n) is 2.33. The van der Waals surface area contributed by atoms with Gasteiger partial charge in [-0.1, -0.05) is 0 Å². The van der Waals surface area contributed by atoms with Crippen LogP contribution in [-0.2, 0) is 9.53 Å². The fraction of sp³-hybridized carbons (Fsp3) is 0.556. The summed E-state index contributed by atoms with van der Waals surface area (Å²) >= 11 is 0. The number of carbonyl (C=O) groups is 2. The van der Waals surface area contributed by atoms with Gasteiger partial charge in [-0.05, 0) is 39.2 Å². The van der Waals surface area contributed by atoms with Crippen molar-refractivity contribution >= 4 is 11.9 Å². The summed E-state index contributed by atoms with van der Waals surface area (Å²) in [5.41, 5.74) is 0.464. The summed E-state index contributed by atoms with van der Waals surface area (Å²) in [5, 5.41) is 0. The molecule has 0 unspecified atom stereocenters. The van der Waals surface area contributed by atoms with Crippen LogP contribution in [0.1, 0.15) is 23.2 Å². The van der Waals surface area contributed by atoms with Gasteiger partial charge in [0.25, 0.3) is 5.91 Å². The Labute approximate surface area is 149 Å². The number of ether oxygens (including phenoxy) is 3. The van der Waals surface area contributed by atoms with Crippen LogP contribution >= 0.6 is 0 Å². The quantitative estimate of drug-likeness (QED) is 0.597. The second-order valence-corrected chi connectivity index (χ2v) is 5.88. The third kappa shape index (κ3) is 7.01. The number of hydrogen-bond acceptors (Lipinski definition) is 6. The zero-order chi connectivity index (χ0) is 18.8. The number of carbonyl (C=O) groups excluding carboxylic acids is 2. The van der Waals surface area contributed by atoms with E-state index in [9.17, 15) is 9.59 Å². The summed E-state index contributed by atoms with van der Waals surface area (Å²) in [4.78, 5) is 28.1. The Morgan fingerprint density at radius 3 is 2.00 bits per heavy atom. The molecule has 0 aromatic heterocycles. The molecule has 0 saturated carbocycles. The van der Waals surface area contributed by atoms with Gasteiger partial charge >= 0.3 is 5.97 Å². The molecule has 25 heavy (non-hydrogen) atoms. The fourth-order valence-corrected chi connectivity index (χ4v) is 2.33. The van der Waals surface area contributed by atoms with Gasteiger partial charge in [-0.3, -0.25) is 9.59 Å². The highest BCUT2D eigenvalue weighted by Gasteiger charge is 2.19. The minimum atomic E-state index is -0.339. The monoisotopic (exact) mass is 352 g/mol. The Morgan fingerprint density at radius 1 is 0.920 bits per heavy atom. The van der Waals surface area contributed by atoms with E-state index in [0.717, 1.165) is 13.0 Å². The number of methoxy groups -OCH3 is 3. The average Bonchev–Trinajstić information content (AvgIpc) is 2.62. The lowest BCUT2D eigenvalue weighted by molar-refractivity contribution is -0.140. The van der Waals surface area contributed by atoms with Crippen LogP contribution in [0, 0.1) is 0 Å². The van der Waals surface area contributed by atoms with Crippen molar-refractivity contribution in [2.24, 2.45) is 0 Å². The molecule has 0 fully saturated rings. The van der Waals surface area contributed by atoms with Crippen LogP contribution in [0.2, 0.25) is 0 Å². The third-order valence-corrected chi connectivity index (χ3v) is 3.73. The summed E-state index contributed by atoms with van der Waals surface area (Å²) < 4.78 is 15.1. The van der Waals surface area contributed by atoms with E-state index in [1.54, 1.807) is 23.1 Å². The number of benzene rings is 1. The van der Waals surface area contributed by atoms with Crippen LogP contribution in [-0.4, -0.2) is 76.7 Å². The number of amides is 1. The lowest BCUT2D eigenvalue weighted by Crippen LogP contribution is -2.35. The van der Waals surface area contributed by atoms with Crippen LogP contribution < -0.4 is 9.47 Å². The number of nitrogens with zero attached hydrogens (tertiary/aromatic N) is 2. The van der Waals surface area contributed by atoms with Crippen molar-refractivity contribution in [1.29, 1.82) is 0 Å². The summed E-state index contributed by atoms with van der Waals surface area (Å²) in [7, 11) is 8.37. The van der Waals surface area contributed by atoms with Gasteiger partial charge in [-0.15, -0.1) is 0 Å². The maximum atomic E-state index is 12.9. The second-order valence-electron chi connectivity index (χ2n) is 5.88. The topological polar surface area (TPSA) is 68.3 Å². The molecule has 0 aliphatic carbocycles. The molecule has 0 aliphatic heterocycles. The molecule has 1 aromatic carbocycles. The third-order valence-electron chi connectivity index (χ3n) is 3.73. The van der Waals surface area contributed by atoms with Crippen molar-refractivity contribution in [1.82, 2.24) is 9.80 Å². The van der Waals surface area contributed by atoms with Crippen molar-refractivity contribution < 1.29 is 23.8 Å². The summed E-state index contributed by atoms with van der Waals surface area (Å²) in [5.74, 6) is 0.585. The van der Waals surface area contributed by atoms with Gasteiger partial charge in [-0.2, -0.15) is 0 Å². The first-order valence-electron chi connectivity index (χ1n) is 8.15. The predicted octanol–water partition coefficient (Wildman–Crippen LogP) is 1.66. The van der Waals surface area contributed by atoms with Crippen LogP contribution in [0.5, 0.6) is 11.5 Å². The molecule has 0 N–H and O–H groups in total. The molecule has 7 heteroatoms. The molecule has 1 amide bonds. The van der Waals surface area contributed by atoms with Crippen molar-refractivity contribution in [3.63, 3.8) is 0 Å². The van der Waals surface area contributed by atoms with E-state index < -0.39 is 0 Å². The summed E-state index contributed by atoms with van der Waals surface area (Å²) in [6.45, 7) is 1.70. The molecule has 0 saturated heterocycles. The smallest absolute Gasteiger partial charge is 0.307 e. The molecule has 0 atom stereocenters. The van der Waals surface area contributed by atoms with Crippen LogP contribution in [0.4, 0.5) is 0 Å². The van der Waals surface area contributed by atoms with Gasteiger partial charge in [0.05, 0.1) is 27.8 Å². The van der Waals surface area contributed by atoms with Crippen LogP contribution in [0.15, 0.2) is 18.2 Å². The minimum Gasteiger partial charge on any atom is -0.497 e. The van der Waals surface area contributed by atoms with E-state index in [4.69, 9.17) is 9.47 Å². The molecule has 0 spiro atoms. The van der Waals surface area contributed by atoms with Crippen LogP contribution in [0.3, 0.4) is 0 Å². The van der Waals surface area contributed by atoms with Crippen LogP contribution in [0.25, 0.3) is 0 Å². The summed E-state index contributed by atoms with van der Waals surface area (Å²) in [6, 6.07) is 5.05. The molecule has 1 aromatic rings. The Kier molecular flexibility index (Phi) is 8.77. The average molecular weight is 352 g/mol. The predicted molar refractivity (Wildman–Crippen MR) is 95.3 cm³/mol. The molecular formula is C18H28N2O5. The number of esters is 1. The van der Waals surface area contributed by atoms with Crippen molar-refractivity contribution in [2.75, 3.05) is 55.1 Å². The highest BCUT2D eigenvalue weighted by atomic mass is 16.5. The zero-order valence-electron chi connectivity index (χ0n) is 15.7. The first-order valence-corrected chi connectivity index (χ1v) is 8.15. The van der Waals surface area contributed by atoms with E-state index >= 15 is 0 Å². The summed E-state index contributed by atoms with van der Waals surface area (Å²) in [6.07, 6.45) is 0.965. The highest BCUT2D eigenvalue weighted by Crippen LogP contribution is 2.23. The van der Waals surface area contributed by atoms with Gasteiger partial charge < -0.3 is 24.0 Å². The Hall–Kier alpha value is -2.28. The molecule has 0 heterocycles. The largest absolute Gasteiger partial charge is 0.497 e. The van der Waals surface area contributed by atoms with E-state index in [0.29, 0.717) is 30.2 Å². The van der Waals surface area contributed by atoms with E-state index in [1.807, 2.05) is 14.1 Å². The van der Waals surface area contributed by atoms with Gasteiger partial charge in [-0.25, -0.2) is 0 Å². The van der Waals surface area contributed by atoms with Gasteiger partial charge in [0.15, 0.2) is 0 Å². The number of rotatable bonds is 10. The van der Waals surface area contributed by atoms with E-state index in [1.165, 1.54) is 21.3 Å². The van der Waals surface area contributed by atoms with E-state index in [2.05, 4.69) is 9.64 Å². The first kappa shape index (κ1) is 20.8. The maximum absolute atomic E-state index is 12.9. The van der Waals surface area contributed by atoms with Gasteiger partial charge in [0.1, 0.15) is 11.5 Å². The lowest BCUT2D eigenvalue weighted by Gasteiger charge is -2.23. The Balaban J connectivity index is 2.94. The SMILES string of the molecule is COC(=O)CCN(CCCN(C)C)C(=O)c1cc(OC)cc(OC)c1. The highest BCUT2D eigenvalue weighted by molar-refractivity contribution is 5.95. The second kappa shape index (κ2) is 10.6. The first-order chi connectivity index (χ1) is 11.9. The van der Waals surface area contributed by atoms with Gasteiger partial charge in [0.2, 0.25) is 0 Å². The number of hydrogen-bond donors (Lipinski definition) is 0. The Bertz CT molecular complexity index is 552. The molecule has 7 nitrogen and oxygen atoms in total. The normalized spacial score (nSPS) is 10.5. The zero-order valence-corrected chi connectivity index (χ0v) is 15.7. The van der Waals surface area contributed by atoms with Gasteiger partial charge in [0, 0.05) is 24.7 Å². The molecule has 0 aliphatic rings.